The predicted octanol–water partition coefficient (Wildman–Crippen LogP) is 4.13. The van der Waals surface area contributed by atoms with Crippen molar-refractivity contribution in [3.8, 4) is 0 Å². The molecule has 4 nitrogen and oxygen atoms in total. The fourth-order valence-corrected chi connectivity index (χ4v) is 4.62. The van der Waals surface area contributed by atoms with E-state index >= 15 is 0 Å². The molecule has 0 saturated carbocycles. The summed E-state index contributed by atoms with van der Waals surface area (Å²) in [6, 6.07) is 12.3. The van der Waals surface area contributed by atoms with Crippen LogP contribution in [0.2, 0.25) is 0 Å². The number of aryl methyl sites for hydroxylation is 1. The van der Waals surface area contributed by atoms with Crippen LogP contribution in [0.4, 0.5) is 0 Å². The fourth-order valence-electron chi connectivity index (χ4n) is 4.62. The molecule has 2 aliphatic rings. The number of hydrogen-bond donors (Lipinski definition) is 1. The molecule has 4 heteroatoms. The second-order valence-corrected chi connectivity index (χ2v) is 7.99. The fraction of sp³-hybridized carbons (Fsp3) is 0.500. The zero-order valence-electron chi connectivity index (χ0n) is 15.9. The van der Waals surface area contributed by atoms with Crippen LogP contribution < -0.4 is 5.32 Å². The van der Waals surface area contributed by atoms with Crippen LogP contribution in [0.15, 0.2) is 40.8 Å². The zero-order valence-corrected chi connectivity index (χ0v) is 15.9. The zero-order chi connectivity index (χ0) is 18.3. The molecule has 4 rings (SSSR count). The molecular weight excluding hydrogens is 324 g/mol. The topological polar surface area (TPSA) is 45.5 Å². The number of nitrogens with zero attached hydrogens (tertiary/aromatic N) is 1. The van der Waals surface area contributed by atoms with Gasteiger partial charge >= 0.3 is 0 Å². The Hall–Kier alpha value is -2.07. The van der Waals surface area contributed by atoms with Gasteiger partial charge in [0.1, 0.15) is 5.76 Å². The van der Waals surface area contributed by atoms with Crippen LogP contribution in [0.1, 0.15) is 59.7 Å². The minimum atomic E-state index is -0.112. The largest absolute Gasteiger partial charge is 0.456 e. The molecule has 138 valence electrons. The molecule has 1 aromatic heterocycles. The minimum Gasteiger partial charge on any atom is -0.456 e. The highest BCUT2D eigenvalue weighted by molar-refractivity contribution is 5.92. The summed E-state index contributed by atoms with van der Waals surface area (Å²) < 4.78 is 5.52. The molecular formula is C22H28N2O2. The lowest BCUT2D eigenvalue weighted by Gasteiger charge is -2.24. The van der Waals surface area contributed by atoms with Crippen molar-refractivity contribution in [3.05, 3.63) is 59.0 Å². The number of hydrogen-bond acceptors (Lipinski definition) is 3. The van der Waals surface area contributed by atoms with Gasteiger partial charge in [0, 0.05) is 31.5 Å². The van der Waals surface area contributed by atoms with E-state index in [-0.39, 0.29) is 11.9 Å². The summed E-state index contributed by atoms with van der Waals surface area (Å²) in [7, 11) is 0. The quantitative estimate of drug-likeness (QED) is 0.880. The van der Waals surface area contributed by atoms with E-state index in [9.17, 15) is 4.79 Å². The van der Waals surface area contributed by atoms with E-state index in [1.54, 1.807) is 6.07 Å². The summed E-state index contributed by atoms with van der Waals surface area (Å²) in [6.45, 7) is 9.72. The van der Waals surface area contributed by atoms with Crippen molar-refractivity contribution < 1.29 is 9.21 Å². The number of furan rings is 1. The highest BCUT2D eigenvalue weighted by Gasteiger charge is 2.46. The van der Waals surface area contributed by atoms with Gasteiger partial charge in [0.2, 0.25) is 0 Å². The Morgan fingerprint density at radius 1 is 1.23 bits per heavy atom. The normalized spacial score (nSPS) is 25.7. The van der Waals surface area contributed by atoms with Crippen LogP contribution in [0.5, 0.6) is 0 Å². The second kappa shape index (κ2) is 6.92. The molecule has 0 bridgehead atoms. The third kappa shape index (κ3) is 3.07. The molecule has 1 fully saturated rings. The SMILES string of the molecule is CC[C@H](C)CN1C[C@@H]2[C@H](NC(=O)c3ccc(C)o3)c3ccccc3[C@@H]2C1. The number of rotatable bonds is 5. The second-order valence-electron chi connectivity index (χ2n) is 7.99. The Morgan fingerprint density at radius 2 is 2.00 bits per heavy atom. The molecule has 1 aromatic carbocycles. The number of fused-ring (bicyclic) bond motifs is 3. The van der Waals surface area contributed by atoms with E-state index in [2.05, 4.69) is 48.3 Å². The van der Waals surface area contributed by atoms with E-state index in [1.165, 1.54) is 17.5 Å². The van der Waals surface area contributed by atoms with Gasteiger partial charge < -0.3 is 14.6 Å². The van der Waals surface area contributed by atoms with Gasteiger partial charge in [-0.15, -0.1) is 0 Å². The lowest BCUT2D eigenvalue weighted by atomic mass is 9.94. The summed E-state index contributed by atoms with van der Waals surface area (Å²) in [5, 5.41) is 3.26. The van der Waals surface area contributed by atoms with Crippen LogP contribution >= 0.6 is 0 Å². The molecule has 2 aromatic rings. The minimum absolute atomic E-state index is 0.0658. The number of benzene rings is 1. The molecule has 0 radical (unpaired) electrons. The summed E-state index contributed by atoms with van der Waals surface area (Å²) in [6.07, 6.45) is 1.21. The number of carbonyl (C=O) groups excluding carboxylic acids is 1. The average molecular weight is 352 g/mol. The van der Waals surface area contributed by atoms with Gasteiger partial charge in [-0.1, -0.05) is 44.5 Å². The van der Waals surface area contributed by atoms with E-state index < -0.39 is 0 Å². The van der Waals surface area contributed by atoms with E-state index in [4.69, 9.17) is 4.42 Å². The first-order valence-corrected chi connectivity index (χ1v) is 9.75. The van der Waals surface area contributed by atoms with Crippen LogP contribution in [0.3, 0.4) is 0 Å². The van der Waals surface area contributed by atoms with Gasteiger partial charge in [0.15, 0.2) is 5.76 Å². The van der Waals surface area contributed by atoms with E-state index in [0.717, 1.165) is 25.4 Å². The van der Waals surface area contributed by atoms with Gasteiger partial charge in [-0.3, -0.25) is 4.79 Å². The van der Waals surface area contributed by atoms with Crippen molar-refractivity contribution in [3.63, 3.8) is 0 Å². The van der Waals surface area contributed by atoms with Gasteiger partial charge in [-0.2, -0.15) is 0 Å². The Kier molecular flexibility index (Phi) is 4.62. The van der Waals surface area contributed by atoms with Gasteiger partial charge in [0.25, 0.3) is 5.91 Å². The molecule has 2 heterocycles. The van der Waals surface area contributed by atoms with Crippen molar-refractivity contribution in [2.24, 2.45) is 11.8 Å². The Morgan fingerprint density at radius 3 is 2.69 bits per heavy atom. The molecule has 4 atom stereocenters. The lowest BCUT2D eigenvalue weighted by Crippen LogP contribution is -2.34. The lowest BCUT2D eigenvalue weighted by molar-refractivity contribution is 0.0894. The van der Waals surface area contributed by atoms with Crippen LogP contribution in [-0.2, 0) is 0 Å². The number of carbonyl (C=O) groups is 1. The van der Waals surface area contributed by atoms with Gasteiger partial charge in [0.05, 0.1) is 6.04 Å². The Bertz CT molecular complexity index is 797. The van der Waals surface area contributed by atoms with Crippen LogP contribution in [-0.4, -0.2) is 30.4 Å². The summed E-state index contributed by atoms with van der Waals surface area (Å²) in [5.41, 5.74) is 2.69. The van der Waals surface area contributed by atoms with Crippen molar-refractivity contribution in [1.29, 1.82) is 0 Å². The Labute approximate surface area is 155 Å². The summed E-state index contributed by atoms with van der Waals surface area (Å²) >= 11 is 0. The first kappa shape index (κ1) is 17.3. The third-order valence-electron chi connectivity index (χ3n) is 6.12. The first-order valence-electron chi connectivity index (χ1n) is 9.75. The molecule has 1 N–H and O–H groups in total. The standard InChI is InChI=1S/C22H28N2O2/c1-4-14(2)11-24-12-18-16-7-5-6-8-17(16)21(19(18)13-24)23-22(25)20-10-9-15(3)26-20/h5-10,14,18-19,21H,4,11-13H2,1-3H3,(H,23,25)/t14-,18-,19-,21+/m0/s1. The van der Waals surface area contributed by atoms with Gasteiger partial charge in [-0.05, 0) is 36.1 Å². The van der Waals surface area contributed by atoms with Crippen molar-refractivity contribution >= 4 is 5.91 Å². The maximum absolute atomic E-state index is 12.7. The van der Waals surface area contributed by atoms with Crippen LogP contribution in [0, 0.1) is 18.8 Å². The van der Waals surface area contributed by atoms with Gasteiger partial charge in [-0.25, -0.2) is 0 Å². The third-order valence-corrected chi connectivity index (χ3v) is 6.12. The Balaban J connectivity index is 1.56. The number of amides is 1. The molecule has 1 saturated heterocycles. The van der Waals surface area contributed by atoms with E-state index in [1.807, 2.05) is 13.0 Å². The number of likely N-dealkylation sites (tertiary alicyclic amines) is 1. The van der Waals surface area contributed by atoms with Crippen molar-refractivity contribution in [2.75, 3.05) is 19.6 Å². The molecule has 26 heavy (non-hydrogen) atoms. The van der Waals surface area contributed by atoms with Crippen molar-refractivity contribution in [1.82, 2.24) is 10.2 Å². The molecule has 1 amide bonds. The maximum atomic E-state index is 12.7. The summed E-state index contributed by atoms with van der Waals surface area (Å²) in [4.78, 5) is 15.3. The smallest absolute Gasteiger partial charge is 0.287 e. The highest BCUT2D eigenvalue weighted by Crippen LogP contribution is 2.49. The monoisotopic (exact) mass is 352 g/mol. The average Bonchev–Trinajstić information content (AvgIpc) is 3.31. The number of nitrogens with one attached hydrogen (secondary N) is 1. The summed E-state index contributed by atoms with van der Waals surface area (Å²) in [5.74, 6) is 2.72. The maximum Gasteiger partial charge on any atom is 0.287 e. The molecule has 0 spiro atoms. The van der Waals surface area contributed by atoms with Crippen molar-refractivity contribution in [2.45, 2.75) is 39.2 Å². The van der Waals surface area contributed by atoms with E-state index in [0.29, 0.717) is 23.5 Å². The molecule has 1 aliphatic heterocycles. The molecule has 0 unspecified atom stereocenters. The highest BCUT2D eigenvalue weighted by atomic mass is 16.3. The van der Waals surface area contributed by atoms with Crippen LogP contribution in [0.25, 0.3) is 0 Å². The first-order chi connectivity index (χ1) is 12.6. The predicted molar refractivity (Wildman–Crippen MR) is 102 cm³/mol. The molecule has 1 aliphatic carbocycles.